The lowest BCUT2D eigenvalue weighted by Gasteiger charge is -2.40. The lowest BCUT2D eigenvalue weighted by atomic mass is 9.71. The molecule has 0 radical (unpaired) electrons. The summed E-state index contributed by atoms with van der Waals surface area (Å²) in [5.74, 6) is 0.539. The summed E-state index contributed by atoms with van der Waals surface area (Å²) in [6.07, 6.45) is 6.84. The first-order chi connectivity index (χ1) is 8.40. The molecule has 1 saturated carbocycles. The van der Waals surface area contributed by atoms with Crippen LogP contribution >= 0.6 is 11.6 Å². The molecule has 1 aliphatic carbocycles. The van der Waals surface area contributed by atoms with Gasteiger partial charge in [-0.25, -0.2) is 9.97 Å². The Balaban J connectivity index is 1.93. The summed E-state index contributed by atoms with van der Waals surface area (Å²) in [5.41, 5.74) is -0.313. The van der Waals surface area contributed by atoms with Crippen LogP contribution in [0.15, 0.2) is 12.4 Å². The molecule has 4 nitrogen and oxygen atoms in total. The summed E-state index contributed by atoms with van der Waals surface area (Å²) in [6, 6.07) is 0. The first kappa shape index (κ1) is 13.6. The van der Waals surface area contributed by atoms with Crippen LogP contribution in [0.2, 0.25) is 5.15 Å². The zero-order valence-corrected chi connectivity index (χ0v) is 11.7. The van der Waals surface area contributed by atoms with E-state index in [4.69, 9.17) is 11.6 Å². The first-order valence-corrected chi connectivity index (χ1v) is 6.71. The topological polar surface area (TPSA) is 58.0 Å². The average molecular weight is 270 g/mol. The molecule has 0 aliphatic heterocycles. The molecule has 5 heteroatoms. The minimum absolute atomic E-state index is 0.344. The van der Waals surface area contributed by atoms with E-state index in [1.165, 1.54) is 0 Å². The van der Waals surface area contributed by atoms with E-state index in [2.05, 4.69) is 29.1 Å². The Hall–Kier alpha value is -0.870. The van der Waals surface area contributed by atoms with Gasteiger partial charge < -0.3 is 10.4 Å². The highest BCUT2D eigenvalue weighted by molar-refractivity contribution is 6.31. The van der Waals surface area contributed by atoms with Crippen molar-refractivity contribution in [1.29, 1.82) is 0 Å². The number of hydrogen-bond acceptors (Lipinski definition) is 4. The highest BCUT2D eigenvalue weighted by Crippen LogP contribution is 2.40. The predicted octanol–water partition coefficient (Wildman–Crippen LogP) is 2.87. The second kappa shape index (κ2) is 5.02. The highest BCUT2D eigenvalue weighted by Gasteiger charge is 2.36. The number of aliphatic hydroxyl groups is 1. The van der Waals surface area contributed by atoms with E-state index in [-0.39, 0.29) is 0 Å². The Morgan fingerprint density at radius 3 is 2.44 bits per heavy atom. The van der Waals surface area contributed by atoms with Crippen LogP contribution in [-0.2, 0) is 0 Å². The van der Waals surface area contributed by atoms with Crippen LogP contribution < -0.4 is 5.32 Å². The number of rotatable bonds is 3. The van der Waals surface area contributed by atoms with E-state index in [0.29, 0.717) is 22.9 Å². The number of halogens is 1. The van der Waals surface area contributed by atoms with Gasteiger partial charge in [0, 0.05) is 18.9 Å². The fourth-order valence-corrected chi connectivity index (χ4v) is 2.43. The Morgan fingerprint density at radius 2 is 1.83 bits per heavy atom. The van der Waals surface area contributed by atoms with E-state index >= 15 is 0 Å². The Labute approximate surface area is 113 Å². The Bertz CT molecular complexity index is 412. The van der Waals surface area contributed by atoms with Crippen molar-refractivity contribution in [3.8, 4) is 0 Å². The van der Waals surface area contributed by atoms with Crippen molar-refractivity contribution >= 4 is 17.4 Å². The molecule has 0 atom stereocenters. The quantitative estimate of drug-likeness (QED) is 0.886. The van der Waals surface area contributed by atoms with Gasteiger partial charge in [-0.1, -0.05) is 25.4 Å². The van der Waals surface area contributed by atoms with Crippen molar-refractivity contribution in [3.63, 3.8) is 0 Å². The summed E-state index contributed by atoms with van der Waals surface area (Å²) >= 11 is 5.91. The van der Waals surface area contributed by atoms with Crippen molar-refractivity contribution in [3.05, 3.63) is 17.5 Å². The van der Waals surface area contributed by atoms with Gasteiger partial charge in [-0.2, -0.15) is 0 Å². The summed E-state index contributed by atoms with van der Waals surface area (Å²) < 4.78 is 0. The van der Waals surface area contributed by atoms with Crippen molar-refractivity contribution in [2.45, 2.75) is 45.1 Å². The number of anilines is 1. The van der Waals surface area contributed by atoms with Gasteiger partial charge in [-0.3, -0.25) is 0 Å². The molecule has 0 aromatic carbocycles. The van der Waals surface area contributed by atoms with Gasteiger partial charge in [-0.15, -0.1) is 0 Å². The minimum Gasteiger partial charge on any atom is -0.388 e. The number of hydrogen-bond donors (Lipinski definition) is 2. The third kappa shape index (κ3) is 3.33. The lowest BCUT2D eigenvalue weighted by molar-refractivity contribution is -0.0145. The SMILES string of the molecule is CC1(C)CCC(O)(CNc2nccnc2Cl)CC1. The van der Waals surface area contributed by atoms with Crippen LogP contribution in [0.5, 0.6) is 0 Å². The van der Waals surface area contributed by atoms with E-state index in [1.54, 1.807) is 12.4 Å². The zero-order valence-electron chi connectivity index (χ0n) is 10.9. The Kier molecular flexibility index (Phi) is 3.78. The fourth-order valence-electron chi connectivity index (χ4n) is 2.26. The van der Waals surface area contributed by atoms with E-state index in [0.717, 1.165) is 25.7 Å². The van der Waals surface area contributed by atoms with E-state index in [1.807, 2.05) is 0 Å². The van der Waals surface area contributed by atoms with Gasteiger partial charge in [-0.05, 0) is 31.1 Å². The minimum atomic E-state index is -0.656. The summed E-state index contributed by atoms with van der Waals surface area (Å²) in [5, 5.41) is 13.9. The second-order valence-electron chi connectivity index (χ2n) is 5.94. The molecular formula is C13H20ClN3O. The molecule has 1 aliphatic rings. The van der Waals surface area contributed by atoms with E-state index < -0.39 is 5.60 Å². The molecule has 1 aromatic rings. The number of nitrogens with zero attached hydrogens (tertiary/aromatic N) is 2. The highest BCUT2D eigenvalue weighted by atomic mass is 35.5. The first-order valence-electron chi connectivity index (χ1n) is 6.33. The molecule has 2 N–H and O–H groups in total. The Morgan fingerprint density at radius 1 is 1.22 bits per heavy atom. The molecule has 1 aromatic heterocycles. The standard InChI is InChI=1S/C13H20ClN3O/c1-12(2)3-5-13(18,6-4-12)9-17-11-10(14)15-7-8-16-11/h7-8,18H,3-6,9H2,1-2H3,(H,16,17). The maximum Gasteiger partial charge on any atom is 0.171 e. The van der Waals surface area contributed by atoms with Gasteiger partial charge >= 0.3 is 0 Å². The number of aromatic nitrogens is 2. The molecule has 18 heavy (non-hydrogen) atoms. The van der Waals surface area contributed by atoms with Crippen LogP contribution in [-0.4, -0.2) is 27.2 Å². The van der Waals surface area contributed by atoms with Gasteiger partial charge in [0.1, 0.15) is 0 Å². The van der Waals surface area contributed by atoms with Gasteiger partial charge in [0.15, 0.2) is 11.0 Å². The molecule has 0 unspecified atom stereocenters. The average Bonchev–Trinajstić information content (AvgIpc) is 2.33. The summed E-state index contributed by atoms with van der Waals surface area (Å²) in [6.45, 7) is 4.97. The summed E-state index contributed by atoms with van der Waals surface area (Å²) in [7, 11) is 0. The van der Waals surface area contributed by atoms with Crippen LogP contribution in [0.25, 0.3) is 0 Å². The van der Waals surface area contributed by atoms with Gasteiger partial charge in [0.05, 0.1) is 5.60 Å². The fraction of sp³-hybridized carbons (Fsp3) is 0.692. The molecule has 1 heterocycles. The molecule has 0 spiro atoms. The second-order valence-corrected chi connectivity index (χ2v) is 6.30. The van der Waals surface area contributed by atoms with Crippen molar-refractivity contribution in [1.82, 2.24) is 9.97 Å². The van der Waals surface area contributed by atoms with Crippen molar-refractivity contribution < 1.29 is 5.11 Å². The van der Waals surface area contributed by atoms with Crippen molar-refractivity contribution in [2.75, 3.05) is 11.9 Å². The molecule has 0 amide bonds. The van der Waals surface area contributed by atoms with Crippen LogP contribution in [0.3, 0.4) is 0 Å². The van der Waals surface area contributed by atoms with Gasteiger partial charge in [0.2, 0.25) is 0 Å². The normalized spacial score (nSPS) is 21.6. The molecule has 2 rings (SSSR count). The smallest absolute Gasteiger partial charge is 0.171 e. The third-order valence-electron chi connectivity index (χ3n) is 3.77. The van der Waals surface area contributed by atoms with E-state index in [9.17, 15) is 5.11 Å². The van der Waals surface area contributed by atoms with Crippen LogP contribution in [0.4, 0.5) is 5.82 Å². The maximum absolute atomic E-state index is 10.5. The third-order valence-corrected chi connectivity index (χ3v) is 4.05. The molecule has 100 valence electrons. The maximum atomic E-state index is 10.5. The lowest BCUT2D eigenvalue weighted by Crippen LogP contribution is -2.42. The monoisotopic (exact) mass is 269 g/mol. The van der Waals surface area contributed by atoms with Crippen LogP contribution in [0, 0.1) is 5.41 Å². The van der Waals surface area contributed by atoms with Crippen LogP contribution in [0.1, 0.15) is 39.5 Å². The predicted molar refractivity (Wildman–Crippen MR) is 72.7 cm³/mol. The largest absolute Gasteiger partial charge is 0.388 e. The molecular weight excluding hydrogens is 250 g/mol. The molecule has 0 bridgehead atoms. The molecule has 1 fully saturated rings. The molecule has 0 saturated heterocycles. The van der Waals surface area contributed by atoms with Gasteiger partial charge in [0.25, 0.3) is 0 Å². The zero-order chi connectivity index (χ0) is 13.2. The van der Waals surface area contributed by atoms with Crippen molar-refractivity contribution in [2.24, 2.45) is 5.41 Å². The summed E-state index contributed by atoms with van der Waals surface area (Å²) in [4.78, 5) is 8.05. The number of nitrogens with one attached hydrogen (secondary N) is 1.